The number of hydrogen-bond acceptors (Lipinski definition) is 4. The third-order valence-electron chi connectivity index (χ3n) is 7.54. The average molecular weight is 408 g/mol. The van der Waals surface area contributed by atoms with Gasteiger partial charge in [-0.05, 0) is 92.4 Å². The van der Waals surface area contributed by atoms with Gasteiger partial charge in [-0.25, -0.2) is 4.98 Å². The van der Waals surface area contributed by atoms with Crippen LogP contribution in [0.3, 0.4) is 0 Å². The maximum Gasteiger partial charge on any atom is 0.224 e. The first kappa shape index (κ1) is 19.8. The summed E-state index contributed by atoms with van der Waals surface area (Å²) in [5, 5.41) is 7.56. The molecule has 0 saturated heterocycles. The van der Waals surface area contributed by atoms with Gasteiger partial charge in [0.25, 0.3) is 0 Å². The van der Waals surface area contributed by atoms with Gasteiger partial charge in [-0.15, -0.1) is 0 Å². The number of ether oxygens (including phenoxy) is 1. The van der Waals surface area contributed by atoms with Gasteiger partial charge in [0.2, 0.25) is 5.91 Å². The van der Waals surface area contributed by atoms with Crippen LogP contribution in [-0.4, -0.2) is 31.2 Å². The number of benzene rings is 1. The standard InChI is InChI=1S/C25H33N3O2/c1-30-9-3-8-26-23-7-6-20-21(27-23)4-2-5-22(20)28-24(29)16-25-13-17-10-18(14-25)12-19(11-17)15-25/h2,4-7,17-19H,3,8-16H2,1H3,(H,26,27)(H,28,29). The molecule has 4 fully saturated rings. The lowest BCUT2D eigenvalue weighted by Crippen LogP contribution is -2.47. The van der Waals surface area contributed by atoms with E-state index in [2.05, 4.69) is 16.7 Å². The smallest absolute Gasteiger partial charge is 0.224 e. The second-order valence-electron chi connectivity index (χ2n) is 9.98. The van der Waals surface area contributed by atoms with Crippen molar-refractivity contribution in [1.29, 1.82) is 0 Å². The molecule has 1 amide bonds. The van der Waals surface area contributed by atoms with E-state index in [0.29, 0.717) is 6.42 Å². The molecule has 0 aliphatic heterocycles. The predicted octanol–water partition coefficient (Wildman–Crippen LogP) is 5.23. The largest absolute Gasteiger partial charge is 0.385 e. The van der Waals surface area contributed by atoms with E-state index in [4.69, 9.17) is 9.72 Å². The van der Waals surface area contributed by atoms with E-state index < -0.39 is 0 Å². The van der Waals surface area contributed by atoms with Gasteiger partial charge in [-0.1, -0.05) is 6.07 Å². The van der Waals surface area contributed by atoms with Crippen LogP contribution in [-0.2, 0) is 9.53 Å². The lowest BCUT2D eigenvalue weighted by molar-refractivity contribution is -0.124. The molecule has 0 radical (unpaired) electrons. The Balaban J connectivity index is 1.26. The fraction of sp³-hybridized carbons (Fsp3) is 0.600. The lowest BCUT2D eigenvalue weighted by Gasteiger charge is -2.56. The molecule has 160 valence electrons. The summed E-state index contributed by atoms with van der Waals surface area (Å²) in [4.78, 5) is 17.8. The number of fused-ring (bicyclic) bond motifs is 1. The number of aromatic nitrogens is 1. The molecule has 0 unspecified atom stereocenters. The molecule has 30 heavy (non-hydrogen) atoms. The highest BCUT2D eigenvalue weighted by molar-refractivity contribution is 6.01. The molecular formula is C25H33N3O2. The van der Waals surface area contributed by atoms with Crippen LogP contribution in [0.4, 0.5) is 11.5 Å². The molecule has 6 rings (SSSR count). The van der Waals surface area contributed by atoms with Crippen molar-refractivity contribution >= 4 is 28.3 Å². The first-order valence-corrected chi connectivity index (χ1v) is 11.5. The number of carbonyl (C=O) groups excluding carboxylic acids is 1. The number of amides is 1. The van der Waals surface area contributed by atoms with E-state index >= 15 is 0 Å². The Labute approximate surface area is 179 Å². The lowest BCUT2D eigenvalue weighted by atomic mass is 9.49. The van der Waals surface area contributed by atoms with Gasteiger partial charge in [-0.3, -0.25) is 4.79 Å². The Morgan fingerprint density at radius 3 is 2.53 bits per heavy atom. The molecule has 4 aliphatic rings. The van der Waals surface area contributed by atoms with Crippen LogP contribution in [0, 0.1) is 23.2 Å². The number of anilines is 2. The van der Waals surface area contributed by atoms with E-state index in [0.717, 1.165) is 59.7 Å². The molecule has 0 atom stereocenters. The first-order chi connectivity index (χ1) is 14.6. The first-order valence-electron chi connectivity index (χ1n) is 11.5. The summed E-state index contributed by atoms with van der Waals surface area (Å²) in [5.74, 6) is 3.66. The molecule has 4 aliphatic carbocycles. The average Bonchev–Trinajstić information content (AvgIpc) is 2.70. The van der Waals surface area contributed by atoms with Crippen LogP contribution in [0.15, 0.2) is 30.3 Å². The van der Waals surface area contributed by atoms with Crippen LogP contribution in [0.25, 0.3) is 10.9 Å². The summed E-state index contributed by atoms with van der Waals surface area (Å²) in [6.45, 7) is 1.56. The predicted molar refractivity (Wildman–Crippen MR) is 121 cm³/mol. The summed E-state index contributed by atoms with van der Waals surface area (Å²) in [6.07, 6.45) is 9.66. The number of nitrogens with zero attached hydrogens (tertiary/aromatic N) is 1. The van der Waals surface area contributed by atoms with Crippen LogP contribution < -0.4 is 10.6 Å². The van der Waals surface area contributed by atoms with E-state index in [1.807, 2.05) is 24.3 Å². The molecule has 0 spiro atoms. The molecule has 2 aromatic rings. The third kappa shape index (κ3) is 4.04. The third-order valence-corrected chi connectivity index (χ3v) is 7.54. The van der Waals surface area contributed by atoms with E-state index in [1.54, 1.807) is 7.11 Å². The molecule has 5 nitrogen and oxygen atoms in total. The maximum atomic E-state index is 13.1. The minimum absolute atomic E-state index is 0.172. The van der Waals surface area contributed by atoms with Gasteiger partial charge >= 0.3 is 0 Å². The summed E-state index contributed by atoms with van der Waals surface area (Å²) in [5.41, 5.74) is 2.04. The van der Waals surface area contributed by atoms with Gasteiger partial charge in [-0.2, -0.15) is 0 Å². The van der Waals surface area contributed by atoms with E-state index in [-0.39, 0.29) is 11.3 Å². The normalized spacial score (nSPS) is 29.3. The van der Waals surface area contributed by atoms with Crippen molar-refractivity contribution in [1.82, 2.24) is 4.98 Å². The maximum absolute atomic E-state index is 13.1. The quantitative estimate of drug-likeness (QED) is 0.588. The van der Waals surface area contributed by atoms with Crippen LogP contribution in [0.2, 0.25) is 0 Å². The van der Waals surface area contributed by atoms with Crippen LogP contribution in [0.5, 0.6) is 0 Å². The van der Waals surface area contributed by atoms with Gasteiger partial charge in [0.15, 0.2) is 0 Å². The van der Waals surface area contributed by atoms with Crippen molar-refractivity contribution in [3.63, 3.8) is 0 Å². The number of pyridine rings is 1. The van der Waals surface area contributed by atoms with Crippen molar-refractivity contribution in [3.05, 3.63) is 30.3 Å². The van der Waals surface area contributed by atoms with Gasteiger partial charge in [0.05, 0.1) is 11.2 Å². The number of carbonyl (C=O) groups is 1. The highest BCUT2D eigenvalue weighted by Gasteiger charge is 2.51. The molecule has 4 saturated carbocycles. The Morgan fingerprint density at radius 2 is 1.83 bits per heavy atom. The summed E-state index contributed by atoms with van der Waals surface area (Å²) in [6, 6.07) is 10.0. The zero-order valence-electron chi connectivity index (χ0n) is 18.0. The molecule has 1 aromatic carbocycles. The molecular weight excluding hydrogens is 374 g/mol. The van der Waals surface area contributed by atoms with Gasteiger partial charge in [0.1, 0.15) is 5.82 Å². The zero-order chi connectivity index (χ0) is 20.6. The van der Waals surface area contributed by atoms with Crippen LogP contribution >= 0.6 is 0 Å². The summed E-state index contributed by atoms with van der Waals surface area (Å²) >= 11 is 0. The van der Waals surface area contributed by atoms with Crippen molar-refractivity contribution in [2.45, 2.75) is 51.4 Å². The fourth-order valence-electron chi connectivity index (χ4n) is 6.84. The highest BCUT2D eigenvalue weighted by atomic mass is 16.5. The Morgan fingerprint density at radius 1 is 1.10 bits per heavy atom. The number of rotatable bonds is 8. The monoisotopic (exact) mass is 407 g/mol. The van der Waals surface area contributed by atoms with Crippen molar-refractivity contribution in [2.24, 2.45) is 23.2 Å². The Hall–Kier alpha value is -2.14. The van der Waals surface area contributed by atoms with Crippen LogP contribution in [0.1, 0.15) is 51.4 Å². The van der Waals surface area contributed by atoms with E-state index in [9.17, 15) is 4.79 Å². The number of methoxy groups -OCH3 is 1. The van der Waals surface area contributed by atoms with Crippen molar-refractivity contribution in [2.75, 3.05) is 30.9 Å². The topological polar surface area (TPSA) is 63.2 Å². The van der Waals surface area contributed by atoms with Crippen molar-refractivity contribution < 1.29 is 9.53 Å². The minimum Gasteiger partial charge on any atom is -0.385 e. The second-order valence-corrected chi connectivity index (χ2v) is 9.98. The Kier molecular flexibility index (Phi) is 5.40. The van der Waals surface area contributed by atoms with Gasteiger partial charge < -0.3 is 15.4 Å². The number of nitrogens with one attached hydrogen (secondary N) is 2. The van der Waals surface area contributed by atoms with E-state index in [1.165, 1.54) is 38.5 Å². The minimum atomic E-state index is 0.172. The second kappa shape index (κ2) is 8.18. The Bertz CT molecular complexity index is 890. The molecule has 1 heterocycles. The fourth-order valence-corrected chi connectivity index (χ4v) is 6.84. The summed E-state index contributed by atoms with van der Waals surface area (Å²) < 4.78 is 5.09. The number of hydrogen-bond donors (Lipinski definition) is 2. The molecule has 2 N–H and O–H groups in total. The highest BCUT2D eigenvalue weighted by Crippen LogP contribution is 2.61. The van der Waals surface area contributed by atoms with Crippen molar-refractivity contribution in [3.8, 4) is 0 Å². The molecule has 1 aromatic heterocycles. The zero-order valence-corrected chi connectivity index (χ0v) is 18.0. The molecule has 5 heteroatoms. The molecule has 4 bridgehead atoms. The summed E-state index contributed by atoms with van der Waals surface area (Å²) in [7, 11) is 1.72. The SMILES string of the molecule is COCCCNc1ccc2c(NC(=O)CC34CC5CC(CC(C5)C3)C4)cccc2n1. The van der Waals surface area contributed by atoms with Gasteiger partial charge in [0, 0.05) is 32.1 Å².